The number of nitriles is 1. The van der Waals surface area contributed by atoms with Crippen LogP contribution in [0.2, 0.25) is 0 Å². The van der Waals surface area contributed by atoms with E-state index in [-0.39, 0.29) is 5.82 Å². The molecule has 0 aliphatic rings. The van der Waals surface area contributed by atoms with Crippen molar-refractivity contribution < 1.29 is 4.39 Å². The van der Waals surface area contributed by atoms with E-state index in [0.717, 1.165) is 44.3 Å². The number of halogens is 1. The summed E-state index contributed by atoms with van der Waals surface area (Å²) in [6.45, 7) is 7.03. The third kappa shape index (κ3) is 5.40. The van der Waals surface area contributed by atoms with Gasteiger partial charge in [0.2, 0.25) is 0 Å². The van der Waals surface area contributed by atoms with Gasteiger partial charge in [-0.15, -0.1) is 0 Å². The summed E-state index contributed by atoms with van der Waals surface area (Å²) in [6.07, 6.45) is 4.58. The Balaban J connectivity index is 2.76. The van der Waals surface area contributed by atoms with Gasteiger partial charge < -0.3 is 0 Å². The zero-order chi connectivity index (χ0) is 14.1. The SMILES string of the molecule is CCCCN(CCCC)Cc1cc(F)ccc1C#N. The quantitative estimate of drug-likeness (QED) is 0.705. The van der Waals surface area contributed by atoms with Gasteiger partial charge in [0.05, 0.1) is 11.6 Å². The van der Waals surface area contributed by atoms with Crippen molar-refractivity contribution in [3.63, 3.8) is 0 Å². The molecule has 104 valence electrons. The molecule has 3 heteroatoms. The lowest BCUT2D eigenvalue weighted by Crippen LogP contribution is -2.26. The summed E-state index contributed by atoms with van der Waals surface area (Å²) < 4.78 is 13.3. The molecule has 1 aromatic carbocycles. The topological polar surface area (TPSA) is 27.0 Å². The van der Waals surface area contributed by atoms with Gasteiger partial charge in [-0.1, -0.05) is 26.7 Å². The first-order chi connectivity index (χ1) is 9.21. The molecule has 0 aliphatic carbocycles. The first kappa shape index (κ1) is 15.7. The molecule has 0 atom stereocenters. The van der Waals surface area contributed by atoms with Gasteiger partial charge >= 0.3 is 0 Å². The molecule has 0 aromatic heterocycles. The molecule has 0 bridgehead atoms. The van der Waals surface area contributed by atoms with Crippen LogP contribution in [0.25, 0.3) is 0 Å². The summed E-state index contributed by atoms with van der Waals surface area (Å²) in [6, 6.07) is 6.56. The van der Waals surface area contributed by atoms with Crippen LogP contribution in [0.5, 0.6) is 0 Å². The summed E-state index contributed by atoms with van der Waals surface area (Å²) in [7, 11) is 0. The van der Waals surface area contributed by atoms with Crippen molar-refractivity contribution in [3.05, 3.63) is 35.1 Å². The average Bonchev–Trinajstić information content (AvgIpc) is 2.42. The third-order valence-electron chi connectivity index (χ3n) is 3.24. The van der Waals surface area contributed by atoms with Gasteiger partial charge in [0, 0.05) is 6.54 Å². The van der Waals surface area contributed by atoms with Gasteiger partial charge in [-0.3, -0.25) is 4.90 Å². The van der Waals surface area contributed by atoms with Crippen molar-refractivity contribution in [3.8, 4) is 6.07 Å². The highest BCUT2D eigenvalue weighted by molar-refractivity contribution is 5.37. The van der Waals surface area contributed by atoms with Crippen LogP contribution in [-0.4, -0.2) is 18.0 Å². The van der Waals surface area contributed by atoms with Gasteiger partial charge in [0.15, 0.2) is 0 Å². The Kier molecular flexibility index (Phi) is 7.14. The van der Waals surface area contributed by atoms with Crippen LogP contribution in [-0.2, 0) is 6.54 Å². The second kappa shape index (κ2) is 8.66. The van der Waals surface area contributed by atoms with Crippen LogP contribution in [0.4, 0.5) is 4.39 Å². The standard InChI is InChI=1S/C16H23FN2/c1-3-5-9-19(10-6-4-2)13-15-11-16(17)8-7-14(15)12-18/h7-8,11H,3-6,9-10,13H2,1-2H3. The Bertz CT molecular complexity index is 415. The van der Waals surface area contributed by atoms with E-state index in [1.54, 1.807) is 6.07 Å². The second-order valence-corrected chi connectivity index (χ2v) is 4.90. The fourth-order valence-electron chi connectivity index (χ4n) is 2.08. The van der Waals surface area contributed by atoms with E-state index in [1.807, 2.05) is 0 Å². The molecule has 0 radical (unpaired) electrons. The normalized spacial score (nSPS) is 10.7. The molecule has 0 saturated heterocycles. The fourth-order valence-corrected chi connectivity index (χ4v) is 2.08. The van der Waals surface area contributed by atoms with E-state index in [1.165, 1.54) is 12.1 Å². The maximum Gasteiger partial charge on any atom is 0.123 e. The van der Waals surface area contributed by atoms with Crippen LogP contribution in [0.3, 0.4) is 0 Å². The Morgan fingerprint density at radius 1 is 1.16 bits per heavy atom. The number of rotatable bonds is 8. The molecular weight excluding hydrogens is 239 g/mol. The van der Waals surface area contributed by atoms with Gasteiger partial charge in [-0.25, -0.2) is 4.39 Å². The number of nitrogens with zero attached hydrogens (tertiary/aromatic N) is 2. The van der Waals surface area contributed by atoms with Crippen LogP contribution in [0.1, 0.15) is 50.7 Å². The Hall–Kier alpha value is -1.40. The molecule has 0 heterocycles. The minimum atomic E-state index is -0.264. The molecule has 1 rings (SSSR count). The highest BCUT2D eigenvalue weighted by Gasteiger charge is 2.09. The van der Waals surface area contributed by atoms with E-state index in [4.69, 9.17) is 5.26 Å². The minimum absolute atomic E-state index is 0.264. The molecule has 0 saturated carbocycles. The Labute approximate surface area is 115 Å². The van der Waals surface area contributed by atoms with Crippen molar-refractivity contribution in [1.29, 1.82) is 5.26 Å². The number of hydrogen-bond acceptors (Lipinski definition) is 2. The molecule has 1 aromatic rings. The zero-order valence-electron chi connectivity index (χ0n) is 12.0. The van der Waals surface area contributed by atoms with Crippen LogP contribution in [0.15, 0.2) is 18.2 Å². The van der Waals surface area contributed by atoms with Crippen molar-refractivity contribution in [2.45, 2.75) is 46.1 Å². The summed E-state index contributed by atoms with van der Waals surface area (Å²) in [4.78, 5) is 2.32. The maximum atomic E-state index is 13.3. The molecule has 0 fully saturated rings. The minimum Gasteiger partial charge on any atom is -0.299 e. The average molecular weight is 262 g/mol. The predicted octanol–water partition coefficient (Wildman–Crippen LogP) is 4.10. The largest absolute Gasteiger partial charge is 0.299 e. The Morgan fingerprint density at radius 2 is 1.79 bits per heavy atom. The van der Waals surface area contributed by atoms with E-state index in [2.05, 4.69) is 24.8 Å². The molecule has 0 N–H and O–H groups in total. The van der Waals surface area contributed by atoms with Crippen LogP contribution < -0.4 is 0 Å². The van der Waals surface area contributed by atoms with Gasteiger partial charge in [-0.2, -0.15) is 5.26 Å². The van der Waals surface area contributed by atoms with E-state index < -0.39 is 0 Å². The molecule has 0 amide bonds. The van der Waals surface area contributed by atoms with Gasteiger partial charge in [0.25, 0.3) is 0 Å². The lowest BCUT2D eigenvalue weighted by Gasteiger charge is -2.22. The monoisotopic (exact) mass is 262 g/mol. The van der Waals surface area contributed by atoms with Crippen molar-refractivity contribution >= 4 is 0 Å². The lowest BCUT2D eigenvalue weighted by molar-refractivity contribution is 0.256. The highest BCUT2D eigenvalue weighted by Crippen LogP contribution is 2.14. The fraction of sp³-hybridized carbons (Fsp3) is 0.562. The summed E-state index contributed by atoms with van der Waals surface area (Å²) in [5.41, 5.74) is 1.38. The Morgan fingerprint density at radius 3 is 2.32 bits per heavy atom. The highest BCUT2D eigenvalue weighted by atomic mass is 19.1. The predicted molar refractivity (Wildman–Crippen MR) is 76.2 cm³/mol. The van der Waals surface area contributed by atoms with Crippen LogP contribution in [0, 0.1) is 17.1 Å². The molecule has 0 aliphatic heterocycles. The van der Waals surface area contributed by atoms with Gasteiger partial charge in [0.1, 0.15) is 5.82 Å². The molecule has 19 heavy (non-hydrogen) atoms. The summed E-state index contributed by atoms with van der Waals surface area (Å²) in [5.74, 6) is -0.264. The maximum absolute atomic E-state index is 13.3. The molecular formula is C16H23FN2. The smallest absolute Gasteiger partial charge is 0.123 e. The first-order valence-electron chi connectivity index (χ1n) is 7.12. The molecule has 0 spiro atoms. The van der Waals surface area contributed by atoms with E-state index in [0.29, 0.717) is 12.1 Å². The summed E-state index contributed by atoms with van der Waals surface area (Å²) >= 11 is 0. The van der Waals surface area contributed by atoms with Crippen molar-refractivity contribution in [2.24, 2.45) is 0 Å². The molecule has 0 unspecified atom stereocenters. The van der Waals surface area contributed by atoms with E-state index >= 15 is 0 Å². The van der Waals surface area contributed by atoms with Gasteiger partial charge in [-0.05, 0) is 49.7 Å². The zero-order valence-corrected chi connectivity index (χ0v) is 12.0. The third-order valence-corrected chi connectivity index (χ3v) is 3.24. The lowest BCUT2D eigenvalue weighted by atomic mass is 10.1. The number of benzene rings is 1. The number of hydrogen-bond donors (Lipinski definition) is 0. The van der Waals surface area contributed by atoms with E-state index in [9.17, 15) is 4.39 Å². The first-order valence-corrected chi connectivity index (χ1v) is 7.12. The second-order valence-electron chi connectivity index (χ2n) is 4.90. The molecule has 2 nitrogen and oxygen atoms in total. The van der Waals surface area contributed by atoms with Crippen molar-refractivity contribution in [1.82, 2.24) is 4.90 Å². The summed E-state index contributed by atoms with van der Waals surface area (Å²) in [5, 5.41) is 9.08. The van der Waals surface area contributed by atoms with Crippen molar-refractivity contribution in [2.75, 3.05) is 13.1 Å². The number of unbranched alkanes of at least 4 members (excludes halogenated alkanes) is 2. The van der Waals surface area contributed by atoms with Crippen LogP contribution >= 0.6 is 0 Å².